The Labute approximate surface area is 233 Å². The number of thiophene rings is 1. The Kier molecular flexibility index (Phi) is 5.47. The van der Waals surface area contributed by atoms with Crippen LogP contribution >= 0.6 is 11.3 Å². The molecular weight excluding hydrogens is 492 g/mol. The second-order valence-corrected chi connectivity index (χ2v) is 12.4. The second-order valence-electron chi connectivity index (χ2n) is 11.4. The van der Waals surface area contributed by atoms with Crippen molar-refractivity contribution in [3.8, 4) is 28.2 Å². The minimum absolute atomic E-state index is 0.0443. The molecule has 0 N–H and O–H groups in total. The maximum atomic E-state index is 5.27. The van der Waals surface area contributed by atoms with Crippen molar-refractivity contribution in [2.24, 2.45) is 0 Å². The molecule has 0 aliphatic rings. The second kappa shape index (κ2) is 8.93. The summed E-state index contributed by atoms with van der Waals surface area (Å²) >= 11 is 1.86. The van der Waals surface area contributed by atoms with E-state index in [1.807, 2.05) is 11.3 Å². The van der Waals surface area contributed by atoms with Gasteiger partial charge in [-0.1, -0.05) is 93.6 Å². The largest absolute Gasteiger partial charge is 0.292 e. The Morgan fingerprint density at radius 1 is 0.692 bits per heavy atom. The highest BCUT2D eigenvalue weighted by Crippen LogP contribution is 2.43. The summed E-state index contributed by atoms with van der Waals surface area (Å²) < 4.78 is 4.97. The molecule has 2 aromatic heterocycles. The van der Waals surface area contributed by atoms with E-state index in [9.17, 15) is 0 Å². The van der Waals surface area contributed by atoms with Crippen molar-refractivity contribution in [2.75, 3.05) is 0 Å². The number of benzene rings is 5. The van der Waals surface area contributed by atoms with Gasteiger partial charge in [-0.2, -0.15) is 0 Å². The van der Waals surface area contributed by atoms with Crippen LogP contribution in [0, 0.1) is 6.92 Å². The minimum atomic E-state index is 0.0443. The summed E-state index contributed by atoms with van der Waals surface area (Å²) in [6.07, 6.45) is 0. The predicted octanol–water partition coefficient (Wildman–Crippen LogP) is 10.3. The van der Waals surface area contributed by atoms with E-state index in [0.29, 0.717) is 0 Å². The molecule has 39 heavy (non-hydrogen) atoms. The lowest BCUT2D eigenvalue weighted by atomic mass is 9.85. The quantitative estimate of drug-likeness (QED) is 0.226. The topological polar surface area (TPSA) is 17.8 Å². The molecule has 0 saturated carbocycles. The van der Waals surface area contributed by atoms with Crippen LogP contribution in [-0.4, -0.2) is 9.55 Å². The van der Waals surface area contributed by atoms with Crippen LogP contribution in [0.25, 0.3) is 59.4 Å². The molecule has 190 valence electrons. The number of aromatic nitrogens is 2. The van der Waals surface area contributed by atoms with Crippen molar-refractivity contribution in [2.45, 2.75) is 33.1 Å². The van der Waals surface area contributed by atoms with Gasteiger partial charge in [0.25, 0.3) is 0 Å². The maximum Gasteiger partial charge on any atom is 0.147 e. The monoisotopic (exact) mass is 522 g/mol. The first-order valence-electron chi connectivity index (χ1n) is 13.5. The van der Waals surface area contributed by atoms with Crippen molar-refractivity contribution in [1.29, 1.82) is 0 Å². The van der Waals surface area contributed by atoms with E-state index in [0.717, 1.165) is 22.5 Å². The molecule has 0 aliphatic carbocycles. The molecule has 3 heteroatoms. The number of hydrogen-bond acceptors (Lipinski definition) is 2. The molecule has 0 aliphatic heterocycles. The van der Waals surface area contributed by atoms with Crippen molar-refractivity contribution < 1.29 is 0 Å². The molecule has 0 saturated heterocycles. The average Bonchev–Trinajstić information content (AvgIpc) is 3.50. The molecule has 7 aromatic rings. The molecule has 0 atom stereocenters. The van der Waals surface area contributed by atoms with Gasteiger partial charge in [0.15, 0.2) is 0 Å². The normalized spacial score (nSPS) is 12.1. The summed E-state index contributed by atoms with van der Waals surface area (Å²) in [5, 5.41) is 2.60. The Balaban J connectivity index is 1.57. The lowest BCUT2D eigenvalue weighted by Gasteiger charge is -2.23. The van der Waals surface area contributed by atoms with Crippen LogP contribution in [0.4, 0.5) is 0 Å². The average molecular weight is 523 g/mol. The van der Waals surface area contributed by atoms with Gasteiger partial charge in [0.05, 0.1) is 16.7 Å². The van der Waals surface area contributed by atoms with Gasteiger partial charge in [-0.3, -0.25) is 4.57 Å². The Bertz CT molecular complexity index is 2000. The fourth-order valence-electron chi connectivity index (χ4n) is 5.58. The zero-order chi connectivity index (χ0) is 26.7. The fraction of sp³-hybridized carbons (Fsp3) is 0.139. The van der Waals surface area contributed by atoms with Crippen LogP contribution in [0.15, 0.2) is 109 Å². The van der Waals surface area contributed by atoms with Crippen LogP contribution in [0.1, 0.15) is 31.9 Å². The molecule has 0 amide bonds. The molecule has 2 heterocycles. The summed E-state index contributed by atoms with van der Waals surface area (Å²) in [5.74, 6) is 0.978. The zero-order valence-electron chi connectivity index (χ0n) is 22.7. The smallest absolute Gasteiger partial charge is 0.147 e. The lowest BCUT2D eigenvalue weighted by molar-refractivity contribution is 0.590. The van der Waals surface area contributed by atoms with Gasteiger partial charge in [-0.25, -0.2) is 4.98 Å². The Morgan fingerprint density at radius 2 is 1.49 bits per heavy atom. The maximum absolute atomic E-state index is 5.27. The highest BCUT2D eigenvalue weighted by atomic mass is 32.1. The summed E-state index contributed by atoms with van der Waals surface area (Å²) in [5.41, 5.74) is 9.50. The minimum Gasteiger partial charge on any atom is -0.292 e. The fourth-order valence-corrected chi connectivity index (χ4v) is 6.89. The van der Waals surface area contributed by atoms with Crippen molar-refractivity contribution >= 4 is 42.5 Å². The zero-order valence-corrected chi connectivity index (χ0v) is 23.5. The molecule has 0 radical (unpaired) electrons. The van der Waals surface area contributed by atoms with Crippen LogP contribution in [0.2, 0.25) is 0 Å². The molecule has 0 fully saturated rings. The number of rotatable bonds is 3. The third-order valence-corrected chi connectivity index (χ3v) is 8.85. The van der Waals surface area contributed by atoms with Crippen LogP contribution in [-0.2, 0) is 5.41 Å². The first kappa shape index (κ1) is 23.9. The number of para-hydroxylation sites is 2. The first-order chi connectivity index (χ1) is 18.9. The number of aryl methyl sites for hydroxylation is 1. The van der Waals surface area contributed by atoms with Gasteiger partial charge in [0.2, 0.25) is 0 Å². The Morgan fingerprint density at radius 3 is 2.31 bits per heavy atom. The summed E-state index contributed by atoms with van der Waals surface area (Å²) in [7, 11) is 0. The van der Waals surface area contributed by atoms with E-state index < -0.39 is 0 Å². The van der Waals surface area contributed by atoms with Crippen LogP contribution in [0.5, 0.6) is 0 Å². The van der Waals surface area contributed by atoms with Gasteiger partial charge < -0.3 is 0 Å². The summed E-state index contributed by atoms with van der Waals surface area (Å²) in [4.78, 5) is 5.27. The summed E-state index contributed by atoms with van der Waals surface area (Å²) in [6, 6.07) is 39.6. The SMILES string of the molecule is Cc1ccc2c(c1)sc1c(-c3nc4ccccc4n3-c3ccc(C(C)(C)C)cc3-c3ccccc3)cccc12. The van der Waals surface area contributed by atoms with E-state index in [1.165, 1.54) is 48.0 Å². The van der Waals surface area contributed by atoms with Crippen LogP contribution in [0.3, 0.4) is 0 Å². The standard InChI is InChI=1S/C36H30N2S/c1-23-17-19-26-27-13-10-14-28(34(27)39-33(26)21-23)35-37-30-15-8-9-16-32(30)38(35)31-20-18-25(36(2,3)4)22-29(31)24-11-6-5-7-12-24/h5-22H,1-4H3. The number of nitrogens with zero attached hydrogens (tertiary/aromatic N) is 2. The van der Waals surface area contributed by atoms with E-state index in [-0.39, 0.29) is 5.41 Å². The van der Waals surface area contributed by atoms with E-state index >= 15 is 0 Å². The number of fused-ring (bicyclic) bond motifs is 4. The van der Waals surface area contributed by atoms with E-state index in [4.69, 9.17) is 4.98 Å². The van der Waals surface area contributed by atoms with Crippen molar-refractivity contribution in [3.05, 3.63) is 120 Å². The van der Waals surface area contributed by atoms with E-state index in [2.05, 4.69) is 141 Å². The highest BCUT2D eigenvalue weighted by Gasteiger charge is 2.22. The molecule has 0 spiro atoms. The van der Waals surface area contributed by atoms with Gasteiger partial charge in [0, 0.05) is 31.3 Å². The number of hydrogen-bond donors (Lipinski definition) is 0. The molecule has 7 rings (SSSR count). The third kappa shape index (κ3) is 3.97. The summed E-state index contributed by atoms with van der Waals surface area (Å²) in [6.45, 7) is 8.99. The third-order valence-electron chi connectivity index (χ3n) is 7.64. The van der Waals surface area contributed by atoms with Crippen LogP contribution < -0.4 is 0 Å². The lowest BCUT2D eigenvalue weighted by Crippen LogP contribution is -2.12. The number of imidazole rings is 1. The van der Waals surface area contributed by atoms with Gasteiger partial charge >= 0.3 is 0 Å². The van der Waals surface area contributed by atoms with Gasteiger partial charge in [-0.15, -0.1) is 11.3 Å². The van der Waals surface area contributed by atoms with Gasteiger partial charge in [0.1, 0.15) is 5.82 Å². The van der Waals surface area contributed by atoms with E-state index in [1.54, 1.807) is 0 Å². The molecule has 2 nitrogen and oxygen atoms in total. The molecule has 5 aromatic carbocycles. The molecule has 0 unspecified atom stereocenters. The van der Waals surface area contributed by atoms with Crippen molar-refractivity contribution in [3.63, 3.8) is 0 Å². The first-order valence-corrected chi connectivity index (χ1v) is 14.3. The molecular formula is C36H30N2S. The molecule has 0 bridgehead atoms. The predicted molar refractivity (Wildman–Crippen MR) is 168 cm³/mol. The Hall–Kier alpha value is -4.21. The van der Waals surface area contributed by atoms with Crippen molar-refractivity contribution in [1.82, 2.24) is 9.55 Å². The highest BCUT2D eigenvalue weighted by molar-refractivity contribution is 7.26. The van der Waals surface area contributed by atoms with Gasteiger partial charge in [-0.05, 0) is 65.4 Å².